The molecular weight excluding hydrogens is 239 g/mol. The Bertz CT molecular complexity index is 159. The fourth-order valence-electron chi connectivity index (χ4n) is 1.49. The molecule has 1 heterocycles. The van der Waals surface area contributed by atoms with Crippen molar-refractivity contribution in [3.8, 4) is 0 Å². The van der Waals surface area contributed by atoms with E-state index in [1.165, 1.54) is 0 Å². The highest BCUT2D eigenvalue weighted by molar-refractivity contribution is 9.09. The Morgan fingerprint density at radius 3 is 2.58 bits per heavy atom. The van der Waals surface area contributed by atoms with Crippen LogP contribution in [0.2, 0.25) is 0 Å². The third-order valence-electron chi connectivity index (χ3n) is 2.42. The highest BCUT2D eigenvalue weighted by Gasteiger charge is 2.41. The second-order valence-electron chi connectivity index (χ2n) is 4.01. The van der Waals surface area contributed by atoms with E-state index in [0.717, 1.165) is 13.0 Å². The molecule has 72 valence electrons. The van der Waals surface area contributed by atoms with Gasteiger partial charge in [-0.1, -0.05) is 29.8 Å². The van der Waals surface area contributed by atoms with Crippen LogP contribution in [-0.4, -0.2) is 22.4 Å². The Labute approximate surface area is 87.9 Å². The molecule has 1 aliphatic rings. The lowest BCUT2D eigenvalue weighted by molar-refractivity contribution is -0.0170. The van der Waals surface area contributed by atoms with Gasteiger partial charge in [0.15, 0.2) is 0 Å². The van der Waals surface area contributed by atoms with E-state index in [1.54, 1.807) is 0 Å². The lowest BCUT2D eigenvalue weighted by Crippen LogP contribution is -2.47. The molecule has 1 fully saturated rings. The zero-order chi connectivity index (χ0) is 9.35. The molecule has 0 spiro atoms. The molecule has 0 aliphatic carbocycles. The monoisotopic (exact) mass is 254 g/mol. The van der Waals surface area contributed by atoms with Crippen molar-refractivity contribution in [1.29, 1.82) is 0 Å². The molecule has 3 unspecified atom stereocenters. The van der Waals surface area contributed by atoms with E-state index in [0.29, 0.717) is 5.92 Å². The van der Waals surface area contributed by atoms with E-state index in [-0.39, 0.29) is 15.8 Å². The molecule has 0 radical (unpaired) electrons. The van der Waals surface area contributed by atoms with E-state index < -0.39 is 0 Å². The maximum atomic E-state index is 6.33. The van der Waals surface area contributed by atoms with Crippen LogP contribution >= 0.6 is 27.5 Å². The lowest BCUT2D eigenvalue weighted by atomic mass is 9.91. The van der Waals surface area contributed by atoms with Crippen LogP contribution in [0.25, 0.3) is 0 Å². The average Bonchev–Trinajstić information content (AvgIpc) is 1.94. The van der Waals surface area contributed by atoms with E-state index in [4.69, 9.17) is 16.3 Å². The Kier molecular flexibility index (Phi) is 3.47. The van der Waals surface area contributed by atoms with Gasteiger partial charge in [-0.05, 0) is 19.3 Å². The van der Waals surface area contributed by atoms with Gasteiger partial charge in [-0.15, -0.1) is 11.6 Å². The van der Waals surface area contributed by atoms with Crippen LogP contribution in [0.5, 0.6) is 0 Å². The molecule has 12 heavy (non-hydrogen) atoms. The topological polar surface area (TPSA) is 9.23 Å². The molecule has 1 rings (SSSR count). The van der Waals surface area contributed by atoms with Gasteiger partial charge >= 0.3 is 0 Å². The summed E-state index contributed by atoms with van der Waals surface area (Å²) in [6.07, 6.45) is 1.18. The number of rotatable bonds is 1. The van der Waals surface area contributed by atoms with E-state index in [2.05, 4.69) is 36.7 Å². The first-order valence-corrected chi connectivity index (χ1v) is 5.69. The zero-order valence-electron chi connectivity index (χ0n) is 7.81. The highest BCUT2D eigenvalue weighted by atomic mass is 79.9. The van der Waals surface area contributed by atoms with Gasteiger partial charge in [0.1, 0.15) is 0 Å². The van der Waals surface area contributed by atoms with Gasteiger partial charge in [-0.2, -0.15) is 0 Å². The van der Waals surface area contributed by atoms with Crippen molar-refractivity contribution in [3.05, 3.63) is 0 Å². The molecule has 1 nitrogen and oxygen atoms in total. The van der Waals surface area contributed by atoms with Crippen LogP contribution in [0, 0.1) is 5.92 Å². The third-order valence-corrected chi connectivity index (χ3v) is 4.64. The molecule has 3 atom stereocenters. The summed E-state index contributed by atoms with van der Waals surface area (Å²) in [4.78, 5) is 0.119. The summed E-state index contributed by atoms with van der Waals surface area (Å²) in [5.74, 6) is 0.521. The number of alkyl halides is 2. The minimum Gasteiger partial charge on any atom is -0.377 e. The first-order valence-electron chi connectivity index (χ1n) is 4.40. The van der Waals surface area contributed by atoms with Gasteiger partial charge in [0.2, 0.25) is 0 Å². The van der Waals surface area contributed by atoms with Gasteiger partial charge in [0.25, 0.3) is 0 Å². The Hall–Kier alpha value is 0.730. The average molecular weight is 256 g/mol. The minimum absolute atomic E-state index is 0.146. The first kappa shape index (κ1) is 10.8. The van der Waals surface area contributed by atoms with Crippen molar-refractivity contribution >= 4 is 27.5 Å². The molecule has 0 bridgehead atoms. The largest absolute Gasteiger partial charge is 0.377 e. The van der Waals surface area contributed by atoms with Crippen molar-refractivity contribution in [1.82, 2.24) is 0 Å². The Morgan fingerprint density at radius 1 is 1.58 bits per heavy atom. The summed E-state index contributed by atoms with van der Waals surface area (Å²) >= 11 is 9.95. The summed E-state index contributed by atoms with van der Waals surface area (Å²) in [6, 6.07) is 0. The van der Waals surface area contributed by atoms with Crippen LogP contribution in [0.4, 0.5) is 0 Å². The molecule has 3 heteroatoms. The summed E-state index contributed by atoms with van der Waals surface area (Å²) < 4.78 is 5.66. The first-order chi connectivity index (χ1) is 5.45. The van der Waals surface area contributed by atoms with Crippen molar-refractivity contribution < 1.29 is 4.74 Å². The number of halogens is 2. The second-order valence-corrected chi connectivity index (χ2v) is 5.86. The molecule has 0 aromatic rings. The van der Waals surface area contributed by atoms with E-state index in [1.807, 2.05) is 0 Å². The van der Waals surface area contributed by atoms with Crippen LogP contribution in [-0.2, 0) is 4.74 Å². The lowest BCUT2D eigenvalue weighted by Gasteiger charge is -2.40. The van der Waals surface area contributed by atoms with Gasteiger partial charge in [-0.3, -0.25) is 0 Å². The summed E-state index contributed by atoms with van der Waals surface area (Å²) in [5.41, 5.74) is 0. The van der Waals surface area contributed by atoms with Crippen molar-refractivity contribution in [2.75, 3.05) is 6.61 Å². The predicted molar refractivity (Wildman–Crippen MR) is 56.2 cm³/mol. The molecule has 0 aromatic carbocycles. The molecule has 0 saturated carbocycles. The molecule has 0 amide bonds. The van der Waals surface area contributed by atoms with Crippen molar-refractivity contribution in [2.24, 2.45) is 5.92 Å². The number of ether oxygens (including phenoxy) is 1. The standard InChI is InChI=1S/C9H16BrClO/c1-6(2)7-8(10)9(3,11)4-5-12-7/h6-8H,4-5H2,1-3H3. The van der Waals surface area contributed by atoms with Gasteiger partial charge < -0.3 is 4.74 Å². The third kappa shape index (κ3) is 2.15. The quantitative estimate of drug-likeness (QED) is 0.654. The van der Waals surface area contributed by atoms with Gasteiger partial charge in [0.05, 0.1) is 15.8 Å². The van der Waals surface area contributed by atoms with Crippen LogP contribution < -0.4 is 0 Å². The van der Waals surface area contributed by atoms with Crippen molar-refractivity contribution in [2.45, 2.75) is 43.0 Å². The molecular formula is C9H16BrClO. The van der Waals surface area contributed by atoms with Crippen LogP contribution in [0.15, 0.2) is 0 Å². The molecule has 0 aromatic heterocycles. The number of hydrogen-bond donors (Lipinski definition) is 0. The van der Waals surface area contributed by atoms with Crippen LogP contribution in [0.1, 0.15) is 27.2 Å². The summed E-state index contributed by atoms with van der Waals surface area (Å²) in [6.45, 7) is 7.19. The number of hydrogen-bond acceptors (Lipinski definition) is 1. The van der Waals surface area contributed by atoms with Crippen molar-refractivity contribution in [3.63, 3.8) is 0 Å². The van der Waals surface area contributed by atoms with Crippen LogP contribution in [0.3, 0.4) is 0 Å². The SMILES string of the molecule is CC(C)C1OCCC(C)(Cl)C1Br. The fraction of sp³-hybridized carbons (Fsp3) is 1.00. The summed E-state index contributed by atoms with van der Waals surface area (Å²) in [7, 11) is 0. The molecule has 1 aliphatic heterocycles. The Balaban J connectivity index is 2.66. The van der Waals surface area contributed by atoms with E-state index >= 15 is 0 Å². The smallest absolute Gasteiger partial charge is 0.0739 e. The molecule has 1 saturated heterocycles. The second kappa shape index (κ2) is 3.85. The molecule has 0 N–H and O–H groups in total. The van der Waals surface area contributed by atoms with Gasteiger partial charge in [-0.25, -0.2) is 0 Å². The van der Waals surface area contributed by atoms with Gasteiger partial charge in [0, 0.05) is 6.61 Å². The van der Waals surface area contributed by atoms with E-state index in [9.17, 15) is 0 Å². The predicted octanol–water partition coefficient (Wildman–Crippen LogP) is 3.19. The zero-order valence-corrected chi connectivity index (χ0v) is 10.2. The summed E-state index contributed by atoms with van der Waals surface area (Å²) in [5, 5.41) is 0. The maximum Gasteiger partial charge on any atom is 0.0739 e. The Morgan fingerprint density at radius 2 is 2.17 bits per heavy atom. The normalized spacial score (nSPS) is 43.5. The minimum atomic E-state index is -0.146. The maximum absolute atomic E-state index is 6.33. The fourth-order valence-corrected chi connectivity index (χ4v) is 2.68. The highest BCUT2D eigenvalue weighted by Crippen LogP contribution is 2.38.